The van der Waals surface area contributed by atoms with Crippen LogP contribution in [-0.4, -0.2) is 47.4 Å². The lowest BCUT2D eigenvalue weighted by Crippen LogP contribution is -2.30. The Morgan fingerprint density at radius 2 is 1.83 bits per heavy atom. The van der Waals surface area contributed by atoms with Crippen molar-refractivity contribution in [1.82, 2.24) is 4.90 Å². The average Bonchev–Trinajstić information content (AvgIpc) is 2.95. The molecule has 24 heavy (non-hydrogen) atoms. The van der Waals surface area contributed by atoms with Crippen molar-refractivity contribution in [3.8, 4) is 5.75 Å². The predicted molar refractivity (Wildman–Crippen MR) is 88.0 cm³/mol. The summed E-state index contributed by atoms with van der Waals surface area (Å²) >= 11 is 0. The smallest absolute Gasteiger partial charge is 0.308 e. The zero-order valence-corrected chi connectivity index (χ0v) is 14.0. The van der Waals surface area contributed by atoms with Gasteiger partial charge in [-0.2, -0.15) is 0 Å². The van der Waals surface area contributed by atoms with Gasteiger partial charge in [-0.1, -0.05) is 6.92 Å². The van der Waals surface area contributed by atoms with Crippen molar-refractivity contribution in [2.45, 2.75) is 26.7 Å². The van der Waals surface area contributed by atoms with Gasteiger partial charge in [-0.25, -0.2) is 0 Å². The van der Waals surface area contributed by atoms with Crippen LogP contribution in [0.5, 0.6) is 5.75 Å². The van der Waals surface area contributed by atoms with Crippen LogP contribution in [0, 0.1) is 11.8 Å². The first-order chi connectivity index (χ1) is 11.4. The standard InChI is InChI=1S/C18H23NO5/c1-3-24-14-6-4-13(5-7-14)16(20)8-9-17(21)19-10-12(2)15(11-19)18(22)23/h4-7,12,15H,3,8-11H2,1-2H3,(H,22,23)/t12-,15-/m1/s1. The lowest BCUT2D eigenvalue weighted by Gasteiger charge is -2.15. The zero-order valence-electron chi connectivity index (χ0n) is 14.0. The van der Waals surface area contributed by atoms with Crippen molar-refractivity contribution in [1.29, 1.82) is 0 Å². The van der Waals surface area contributed by atoms with Gasteiger partial charge in [-0.15, -0.1) is 0 Å². The molecule has 1 heterocycles. The fraction of sp³-hybridized carbons (Fsp3) is 0.500. The maximum absolute atomic E-state index is 12.2. The van der Waals surface area contributed by atoms with Crippen molar-refractivity contribution in [2.24, 2.45) is 11.8 Å². The van der Waals surface area contributed by atoms with Crippen LogP contribution < -0.4 is 4.74 Å². The summed E-state index contributed by atoms with van der Waals surface area (Å²) in [6, 6.07) is 6.85. The molecule has 1 fully saturated rings. The molecule has 130 valence electrons. The molecule has 6 nitrogen and oxygen atoms in total. The average molecular weight is 333 g/mol. The molecule has 1 aliphatic rings. The highest BCUT2D eigenvalue weighted by atomic mass is 16.5. The quantitative estimate of drug-likeness (QED) is 0.774. The largest absolute Gasteiger partial charge is 0.494 e. The molecule has 6 heteroatoms. The van der Waals surface area contributed by atoms with Crippen LogP contribution in [-0.2, 0) is 9.59 Å². The second-order valence-corrected chi connectivity index (χ2v) is 6.10. The van der Waals surface area contributed by atoms with Crippen LogP contribution in [0.15, 0.2) is 24.3 Å². The first kappa shape index (κ1) is 18.0. The molecule has 2 atom stereocenters. The van der Waals surface area contributed by atoms with Crippen molar-refractivity contribution in [2.75, 3.05) is 19.7 Å². The lowest BCUT2D eigenvalue weighted by molar-refractivity contribution is -0.142. The van der Waals surface area contributed by atoms with Crippen LogP contribution in [0.25, 0.3) is 0 Å². The highest BCUT2D eigenvalue weighted by Crippen LogP contribution is 2.24. The van der Waals surface area contributed by atoms with E-state index in [4.69, 9.17) is 9.84 Å². The number of carboxylic acids is 1. The molecule has 2 rings (SSSR count). The number of ketones is 1. The van der Waals surface area contributed by atoms with Crippen molar-refractivity contribution in [3.63, 3.8) is 0 Å². The van der Waals surface area contributed by atoms with E-state index < -0.39 is 11.9 Å². The molecule has 1 amide bonds. The van der Waals surface area contributed by atoms with Crippen LogP contribution in [0.3, 0.4) is 0 Å². The number of carbonyl (C=O) groups excluding carboxylic acids is 2. The summed E-state index contributed by atoms with van der Waals surface area (Å²) in [4.78, 5) is 37.0. The highest BCUT2D eigenvalue weighted by Gasteiger charge is 2.36. The minimum absolute atomic E-state index is 0.0618. The van der Waals surface area contributed by atoms with E-state index in [0.29, 0.717) is 24.5 Å². The highest BCUT2D eigenvalue weighted by molar-refractivity contribution is 5.98. The number of rotatable bonds is 7. The van der Waals surface area contributed by atoms with Gasteiger partial charge in [-0.3, -0.25) is 14.4 Å². The Bertz CT molecular complexity index is 610. The van der Waals surface area contributed by atoms with Gasteiger partial charge in [0.25, 0.3) is 0 Å². The van der Waals surface area contributed by atoms with E-state index in [9.17, 15) is 14.4 Å². The third-order valence-electron chi connectivity index (χ3n) is 4.34. The number of amides is 1. The molecule has 0 spiro atoms. The van der Waals surface area contributed by atoms with E-state index in [2.05, 4.69) is 0 Å². The van der Waals surface area contributed by atoms with Gasteiger partial charge in [0, 0.05) is 31.5 Å². The number of likely N-dealkylation sites (tertiary alicyclic amines) is 1. The fourth-order valence-electron chi connectivity index (χ4n) is 2.92. The summed E-state index contributed by atoms with van der Waals surface area (Å²) in [5, 5.41) is 9.11. The van der Waals surface area contributed by atoms with Crippen LogP contribution in [0.1, 0.15) is 37.0 Å². The van der Waals surface area contributed by atoms with E-state index in [1.165, 1.54) is 0 Å². The van der Waals surface area contributed by atoms with E-state index >= 15 is 0 Å². The van der Waals surface area contributed by atoms with Gasteiger partial charge in [0.2, 0.25) is 5.91 Å². The Labute approximate surface area is 141 Å². The number of ether oxygens (including phenoxy) is 1. The maximum Gasteiger partial charge on any atom is 0.308 e. The fourth-order valence-corrected chi connectivity index (χ4v) is 2.92. The molecule has 1 aliphatic heterocycles. The van der Waals surface area contributed by atoms with Gasteiger partial charge < -0.3 is 14.7 Å². The zero-order chi connectivity index (χ0) is 17.7. The number of carbonyl (C=O) groups is 3. The molecule has 0 aromatic heterocycles. The summed E-state index contributed by atoms with van der Waals surface area (Å²) in [6.07, 6.45) is 0.223. The Hall–Kier alpha value is -2.37. The molecule has 1 aromatic carbocycles. The van der Waals surface area contributed by atoms with Gasteiger partial charge in [0.1, 0.15) is 5.75 Å². The van der Waals surface area contributed by atoms with Gasteiger partial charge in [-0.05, 0) is 37.1 Å². The van der Waals surface area contributed by atoms with Crippen LogP contribution in [0.2, 0.25) is 0 Å². The number of carboxylic acid groups (broad SMARTS) is 1. The number of hydrogen-bond acceptors (Lipinski definition) is 4. The summed E-state index contributed by atoms with van der Waals surface area (Å²) < 4.78 is 5.33. The Morgan fingerprint density at radius 1 is 1.17 bits per heavy atom. The molecular weight excluding hydrogens is 310 g/mol. The Kier molecular flexibility index (Phi) is 5.95. The topological polar surface area (TPSA) is 83.9 Å². The Morgan fingerprint density at radius 3 is 2.38 bits per heavy atom. The lowest BCUT2D eigenvalue weighted by atomic mass is 9.99. The summed E-state index contributed by atoms with van der Waals surface area (Å²) in [5.74, 6) is -1.01. The van der Waals surface area contributed by atoms with E-state index in [1.54, 1.807) is 29.2 Å². The first-order valence-electron chi connectivity index (χ1n) is 8.19. The normalized spacial score (nSPS) is 20.0. The monoisotopic (exact) mass is 333 g/mol. The molecule has 1 aromatic rings. The Balaban J connectivity index is 1.85. The van der Waals surface area contributed by atoms with Gasteiger partial charge >= 0.3 is 5.97 Å². The van der Waals surface area contributed by atoms with Gasteiger partial charge in [0.05, 0.1) is 12.5 Å². The third kappa shape index (κ3) is 4.34. The summed E-state index contributed by atoms with van der Waals surface area (Å²) in [5.41, 5.74) is 0.546. The van der Waals surface area contributed by atoms with Crippen LogP contribution in [0.4, 0.5) is 0 Å². The number of nitrogens with zero attached hydrogens (tertiary/aromatic N) is 1. The number of aliphatic carboxylic acids is 1. The van der Waals surface area contributed by atoms with E-state index in [-0.39, 0.29) is 37.0 Å². The van der Waals surface area contributed by atoms with Gasteiger partial charge in [0.15, 0.2) is 5.78 Å². The predicted octanol–water partition coefficient (Wildman–Crippen LogP) is 2.23. The molecular formula is C18H23NO5. The maximum atomic E-state index is 12.2. The number of hydrogen-bond donors (Lipinski definition) is 1. The minimum Gasteiger partial charge on any atom is -0.494 e. The van der Waals surface area contributed by atoms with Crippen molar-refractivity contribution < 1.29 is 24.2 Å². The molecule has 0 unspecified atom stereocenters. The van der Waals surface area contributed by atoms with Crippen molar-refractivity contribution >= 4 is 17.7 Å². The van der Waals surface area contributed by atoms with Crippen LogP contribution >= 0.6 is 0 Å². The van der Waals surface area contributed by atoms with Crippen molar-refractivity contribution in [3.05, 3.63) is 29.8 Å². The summed E-state index contributed by atoms with van der Waals surface area (Å²) in [7, 11) is 0. The molecule has 0 radical (unpaired) electrons. The third-order valence-corrected chi connectivity index (χ3v) is 4.34. The number of benzene rings is 1. The number of Topliss-reactive ketones (excluding diaryl/α,β-unsaturated/α-hetero) is 1. The van der Waals surface area contributed by atoms with E-state index in [0.717, 1.165) is 0 Å². The summed E-state index contributed by atoms with van der Waals surface area (Å²) in [6.45, 7) is 4.95. The molecule has 0 saturated carbocycles. The molecule has 0 aliphatic carbocycles. The molecule has 0 bridgehead atoms. The minimum atomic E-state index is -0.872. The molecule has 1 saturated heterocycles. The second kappa shape index (κ2) is 7.95. The molecule has 1 N–H and O–H groups in total. The second-order valence-electron chi connectivity index (χ2n) is 6.10. The van der Waals surface area contributed by atoms with E-state index in [1.807, 2.05) is 13.8 Å². The first-order valence-corrected chi connectivity index (χ1v) is 8.19. The SMILES string of the molecule is CCOc1ccc(C(=O)CCC(=O)N2C[C@@H](C)[C@H](C(=O)O)C2)cc1.